The molecule has 4 rings (SSSR count). The van der Waals surface area contributed by atoms with Crippen LogP contribution in [0.5, 0.6) is 0 Å². The number of carbonyl (C=O) groups is 1. The minimum atomic E-state index is -0.253. The van der Waals surface area contributed by atoms with Crippen LogP contribution in [0.2, 0.25) is 0 Å². The number of hydrogen-bond donors (Lipinski definition) is 1. The van der Waals surface area contributed by atoms with Crippen LogP contribution >= 0.6 is 36.2 Å². The second-order valence-corrected chi connectivity index (χ2v) is 8.17. The normalized spacial score (nSPS) is 19.5. The molecule has 7 nitrogen and oxygen atoms in total. The van der Waals surface area contributed by atoms with Gasteiger partial charge in [-0.25, -0.2) is 4.98 Å². The SMILES string of the molecule is COCCN(Cc1nccs1)C(=O)c1ccc2n(c1=O)C[C@@H]1CNC[C@H]2C1.Cl.Cl. The molecule has 0 saturated carbocycles. The molecule has 2 bridgehead atoms. The maximum atomic E-state index is 13.2. The highest BCUT2D eigenvalue weighted by Gasteiger charge is 2.32. The third kappa shape index (κ3) is 5.00. The largest absolute Gasteiger partial charge is 0.383 e. The van der Waals surface area contributed by atoms with Gasteiger partial charge in [0, 0.05) is 49.9 Å². The highest BCUT2D eigenvalue weighted by molar-refractivity contribution is 7.09. The molecule has 1 amide bonds. The van der Waals surface area contributed by atoms with Crippen LogP contribution in [0, 0.1) is 5.92 Å². The number of ether oxygens (including phenoxy) is 1. The standard InChI is InChI=1S/C19H24N4O3S.2ClH/c1-26-6-5-22(12-17-21-4-7-27-17)18(24)15-2-3-16-14-8-13(9-20-10-14)11-23(16)19(15)25;;/h2-4,7,13-14,20H,5-6,8-12H2,1H3;2*1H/t13-,14+;;/m0../s1. The molecule has 0 unspecified atom stereocenters. The average molecular weight is 461 g/mol. The molecule has 2 atom stereocenters. The highest BCUT2D eigenvalue weighted by Crippen LogP contribution is 2.31. The molecule has 160 valence electrons. The first-order valence-corrected chi connectivity index (χ1v) is 10.2. The molecule has 4 heterocycles. The average Bonchev–Trinajstić information content (AvgIpc) is 3.19. The summed E-state index contributed by atoms with van der Waals surface area (Å²) in [5.74, 6) is 0.560. The van der Waals surface area contributed by atoms with Crippen molar-refractivity contribution in [2.75, 3.05) is 33.4 Å². The first kappa shape index (κ1) is 23.8. The molecule has 0 aromatic carbocycles. The van der Waals surface area contributed by atoms with Gasteiger partial charge in [0.05, 0.1) is 13.2 Å². The Bertz CT molecular complexity index is 875. The monoisotopic (exact) mass is 460 g/mol. The van der Waals surface area contributed by atoms with Gasteiger partial charge >= 0.3 is 0 Å². The van der Waals surface area contributed by atoms with E-state index in [4.69, 9.17) is 4.74 Å². The molecule has 2 aromatic heterocycles. The van der Waals surface area contributed by atoms with Crippen molar-refractivity contribution in [2.24, 2.45) is 5.92 Å². The molecule has 10 heteroatoms. The number of fused-ring (bicyclic) bond motifs is 4. The summed E-state index contributed by atoms with van der Waals surface area (Å²) < 4.78 is 6.97. The molecule has 0 aliphatic carbocycles. The third-order valence-corrected chi connectivity index (χ3v) is 6.17. The second kappa shape index (κ2) is 10.5. The Morgan fingerprint density at radius 3 is 2.93 bits per heavy atom. The Morgan fingerprint density at radius 2 is 2.21 bits per heavy atom. The van der Waals surface area contributed by atoms with Gasteiger partial charge in [-0.3, -0.25) is 9.59 Å². The van der Waals surface area contributed by atoms with Crippen LogP contribution in [0.15, 0.2) is 28.5 Å². The van der Waals surface area contributed by atoms with E-state index < -0.39 is 0 Å². The zero-order valence-corrected chi connectivity index (χ0v) is 18.7. The van der Waals surface area contributed by atoms with E-state index in [9.17, 15) is 9.59 Å². The summed E-state index contributed by atoms with van der Waals surface area (Å²) in [5, 5.41) is 6.17. The van der Waals surface area contributed by atoms with Gasteiger partial charge in [0.25, 0.3) is 11.5 Å². The van der Waals surface area contributed by atoms with Crippen LogP contribution < -0.4 is 10.9 Å². The summed E-state index contributed by atoms with van der Waals surface area (Å²) in [5.41, 5.74) is 1.11. The fourth-order valence-corrected chi connectivity index (χ4v) is 4.70. The Hall–Kier alpha value is -1.45. The molecule has 0 radical (unpaired) electrons. The number of piperidine rings is 1. The molecule has 0 spiro atoms. The van der Waals surface area contributed by atoms with Gasteiger partial charge in [-0.15, -0.1) is 36.2 Å². The predicted molar refractivity (Wildman–Crippen MR) is 118 cm³/mol. The van der Waals surface area contributed by atoms with Crippen molar-refractivity contribution in [1.29, 1.82) is 0 Å². The van der Waals surface area contributed by atoms with Crippen LogP contribution in [0.25, 0.3) is 0 Å². The van der Waals surface area contributed by atoms with E-state index in [0.29, 0.717) is 38.1 Å². The molecular formula is C19H26Cl2N4O3S. The van der Waals surface area contributed by atoms with Gasteiger partial charge in [0.1, 0.15) is 10.6 Å². The molecular weight excluding hydrogens is 435 g/mol. The van der Waals surface area contributed by atoms with Gasteiger partial charge in [-0.05, 0) is 31.0 Å². The lowest BCUT2D eigenvalue weighted by atomic mass is 9.84. The van der Waals surface area contributed by atoms with E-state index in [2.05, 4.69) is 10.3 Å². The zero-order valence-electron chi connectivity index (χ0n) is 16.2. The van der Waals surface area contributed by atoms with E-state index >= 15 is 0 Å². The zero-order chi connectivity index (χ0) is 18.8. The minimum absolute atomic E-state index is 0. The molecule has 2 aromatic rings. The fourth-order valence-electron chi connectivity index (χ4n) is 4.07. The predicted octanol–water partition coefficient (Wildman–Crippen LogP) is 2.14. The van der Waals surface area contributed by atoms with Crippen molar-refractivity contribution in [3.8, 4) is 0 Å². The number of rotatable bonds is 6. The van der Waals surface area contributed by atoms with Crippen LogP contribution in [-0.2, 0) is 17.8 Å². The molecule has 1 saturated heterocycles. The van der Waals surface area contributed by atoms with Crippen molar-refractivity contribution < 1.29 is 9.53 Å². The topological polar surface area (TPSA) is 76.5 Å². The number of hydrogen-bond acceptors (Lipinski definition) is 6. The minimum Gasteiger partial charge on any atom is -0.383 e. The van der Waals surface area contributed by atoms with Crippen LogP contribution in [0.1, 0.15) is 33.4 Å². The van der Waals surface area contributed by atoms with Gasteiger partial charge in [0.15, 0.2) is 0 Å². The smallest absolute Gasteiger partial charge is 0.263 e. The maximum Gasteiger partial charge on any atom is 0.263 e. The van der Waals surface area contributed by atoms with Crippen molar-refractivity contribution in [3.63, 3.8) is 0 Å². The van der Waals surface area contributed by atoms with E-state index in [1.54, 1.807) is 24.3 Å². The van der Waals surface area contributed by atoms with Crippen molar-refractivity contribution in [1.82, 2.24) is 19.8 Å². The lowest BCUT2D eigenvalue weighted by Gasteiger charge is -2.37. The third-order valence-electron chi connectivity index (χ3n) is 5.40. The summed E-state index contributed by atoms with van der Waals surface area (Å²) in [7, 11) is 1.60. The van der Waals surface area contributed by atoms with Crippen LogP contribution in [0.3, 0.4) is 0 Å². The molecule has 2 aliphatic rings. The van der Waals surface area contributed by atoms with Crippen molar-refractivity contribution >= 4 is 42.1 Å². The van der Waals surface area contributed by atoms with Crippen LogP contribution in [-0.4, -0.2) is 53.7 Å². The fraction of sp³-hybridized carbons (Fsp3) is 0.526. The number of carbonyl (C=O) groups excluding carboxylic acids is 1. The number of thiazole rings is 1. The van der Waals surface area contributed by atoms with E-state index in [0.717, 1.165) is 30.2 Å². The molecule has 1 N–H and O–H groups in total. The van der Waals surface area contributed by atoms with Gasteiger partial charge in [-0.1, -0.05) is 0 Å². The molecule has 1 fully saturated rings. The summed E-state index contributed by atoms with van der Waals surface area (Å²) in [6.45, 7) is 3.74. The lowest BCUT2D eigenvalue weighted by molar-refractivity contribution is 0.0677. The summed E-state index contributed by atoms with van der Waals surface area (Å²) >= 11 is 1.50. The van der Waals surface area contributed by atoms with Gasteiger partial charge < -0.3 is 19.5 Å². The molecule has 2 aliphatic heterocycles. The number of halogens is 2. The van der Waals surface area contributed by atoms with E-state index in [-0.39, 0.29) is 41.8 Å². The summed E-state index contributed by atoms with van der Waals surface area (Å²) in [6, 6.07) is 3.66. The van der Waals surface area contributed by atoms with Crippen LogP contribution in [0.4, 0.5) is 0 Å². The highest BCUT2D eigenvalue weighted by atomic mass is 35.5. The van der Waals surface area contributed by atoms with Gasteiger partial charge in [-0.2, -0.15) is 0 Å². The Balaban J connectivity index is 0.00000150. The molecule has 29 heavy (non-hydrogen) atoms. The van der Waals surface area contributed by atoms with E-state index in [1.165, 1.54) is 11.3 Å². The first-order valence-electron chi connectivity index (χ1n) is 9.28. The van der Waals surface area contributed by atoms with Crippen molar-refractivity contribution in [3.05, 3.63) is 50.3 Å². The quantitative estimate of drug-likeness (QED) is 0.714. The Morgan fingerprint density at radius 1 is 1.38 bits per heavy atom. The number of nitrogens with zero attached hydrogens (tertiary/aromatic N) is 3. The summed E-state index contributed by atoms with van der Waals surface area (Å²) in [6.07, 6.45) is 2.84. The van der Waals surface area contributed by atoms with E-state index in [1.807, 2.05) is 16.0 Å². The maximum absolute atomic E-state index is 13.2. The number of amides is 1. The second-order valence-electron chi connectivity index (χ2n) is 7.19. The lowest BCUT2D eigenvalue weighted by Crippen LogP contribution is -2.46. The van der Waals surface area contributed by atoms with Crippen molar-refractivity contribution in [2.45, 2.75) is 25.4 Å². The number of methoxy groups -OCH3 is 1. The first-order chi connectivity index (χ1) is 13.2. The summed E-state index contributed by atoms with van der Waals surface area (Å²) in [4.78, 5) is 32.2. The number of pyridine rings is 1. The number of aromatic nitrogens is 2. The Kier molecular flexibility index (Phi) is 8.66. The number of nitrogens with one attached hydrogen (secondary N) is 1. The van der Waals surface area contributed by atoms with Gasteiger partial charge in [0.2, 0.25) is 0 Å². The Labute approximate surface area is 186 Å².